The molecule has 4 nitrogen and oxygen atoms in total. The molecule has 0 saturated heterocycles. The van der Waals surface area contributed by atoms with Crippen molar-refractivity contribution < 1.29 is 19.1 Å². The Labute approximate surface area is 127 Å². The van der Waals surface area contributed by atoms with Crippen LogP contribution < -0.4 is 0 Å². The van der Waals surface area contributed by atoms with Gasteiger partial charge >= 0.3 is 11.9 Å². The summed E-state index contributed by atoms with van der Waals surface area (Å²) in [5, 5.41) is 0. The van der Waals surface area contributed by atoms with Gasteiger partial charge in [0, 0.05) is 11.1 Å². The Hall–Kier alpha value is -1.58. The molecule has 1 aliphatic heterocycles. The average Bonchev–Trinajstić information content (AvgIpc) is 2.43. The van der Waals surface area contributed by atoms with Gasteiger partial charge in [0.1, 0.15) is 11.9 Å². The minimum Gasteiger partial charge on any atom is -0.455 e. The van der Waals surface area contributed by atoms with Gasteiger partial charge in [0.05, 0.1) is 0 Å². The maximum Gasteiger partial charge on any atom is 0.339 e. The van der Waals surface area contributed by atoms with Gasteiger partial charge in [-0.3, -0.25) is 0 Å². The van der Waals surface area contributed by atoms with Gasteiger partial charge in [-0.2, -0.15) is 0 Å². The first-order valence-electron chi connectivity index (χ1n) is 7.83. The molecule has 0 aromatic rings. The van der Waals surface area contributed by atoms with Crippen molar-refractivity contribution in [3.63, 3.8) is 0 Å². The zero-order valence-corrected chi connectivity index (χ0v) is 13.5. The molecule has 0 fully saturated rings. The minimum absolute atomic E-state index is 0.384. The standard InChI is InChI=1S/C17H26O4/c1-5-7-9-14-15(10-8-6-2)17(19)21-13(4)11-12(3)20-16(14)18/h11-12H,5-10H2,1-4H3/b13-11-,15-14-. The van der Waals surface area contributed by atoms with E-state index in [1.165, 1.54) is 0 Å². The molecule has 1 atom stereocenters. The van der Waals surface area contributed by atoms with Gasteiger partial charge in [-0.05, 0) is 45.6 Å². The van der Waals surface area contributed by atoms with Gasteiger partial charge in [0.2, 0.25) is 0 Å². The second kappa shape index (κ2) is 8.65. The highest BCUT2D eigenvalue weighted by Crippen LogP contribution is 2.24. The number of allylic oxidation sites excluding steroid dienone is 1. The number of ether oxygens (including phenoxy) is 2. The Kier molecular flexibility index (Phi) is 7.20. The fourth-order valence-electron chi connectivity index (χ4n) is 2.31. The van der Waals surface area contributed by atoms with Crippen LogP contribution in [0.15, 0.2) is 23.0 Å². The van der Waals surface area contributed by atoms with Crippen LogP contribution >= 0.6 is 0 Å². The smallest absolute Gasteiger partial charge is 0.339 e. The summed E-state index contributed by atoms with van der Waals surface area (Å²) < 4.78 is 10.7. The van der Waals surface area contributed by atoms with Crippen LogP contribution in [-0.2, 0) is 19.1 Å². The van der Waals surface area contributed by atoms with E-state index in [4.69, 9.17) is 9.47 Å². The van der Waals surface area contributed by atoms with Crippen LogP contribution in [0, 0.1) is 0 Å². The first kappa shape index (κ1) is 17.5. The van der Waals surface area contributed by atoms with Gasteiger partial charge in [-0.1, -0.05) is 26.7 Å². The van der Waals surface area contributed by atoms with Crippen molar-refractivity contribution in [2.75, 3.05) is 0 Å². The van der Waals surface area contributed by atoms with Crippen molar-refractivity contribution >= 4 is 11.9 Å². The van der Waals surface area contributed by atoms with Crippen LogP contribution in [0.3, 0.4) is 0 Å². The maximum atomic E-state index is 12.3. The molecule has 0 amide bonds. The molecule has 0 aromatic heterocycles. The maximum absolute atomic E-state index is 12.3. The van der Waals surface area contributed by atoms with Crippen molar-refractivity contribution in [1.29, 1.82) is 0 Å². The Morgan fingerprint density at radius 1 is 1.00 bits per heavy atom. The monoisotopic (exact) mass is 294 g/mol. The molecule has 21 heavy (non-hydrogen) atoms. The van der Waals surface area contributed by atoms with E-state index in [0.29, 0.717) is 29.7 Å². The minimum atomic E-state index is -0.408. The molecule has 1 heterocycles. The SMILES string of the molecule is CCCC/C1=C(\CCCC)C(=O)OC(C)/C=C(/C)OC1=O. The molecule has 0 saturated carbocycles. The van der Waals surface area contributed by atoms with Crippen LogP contribution in [0.25, 0.3) is 0 Å². The van der Waals surface area contributed by atoms with Gasteiger partial charge < -0.3 is 9.47 Å². The molecule has 4 heteroatoms. The zero-order valence-electron chi connectivity index (χ0n) is 13.5. The van der Waals surface area contributed by atoms with E-state index < -0.39 is 12.1 Å². The lowest BCUT2D eigenvalue weighted by atomic mass is 9.98. The van der Waals surface area contributed by atoms with Crippen LogP contribution in [-0.4, -0.2) is 18.0 Å². The van der Waals surface area contributed by atoms with Crippen molar-refractivity contribution in [1.82, 2.24) is 0 Å². The van der Waals surface area contributed by atoms with Crippen molar-refractivity contribution in [3.05, 3.63) is 23.0 Å². The summed E-state index contributed by atoms with van der Waals surface area (Å²) >= 11 is 0. The number of hydrogen-bond acceptors (Lipinski definition) is 4. The van der Waals surface area contributed by atoms with Crippen molar-refractivity contribution in [2.45, 2.75) is 72.3 Å². The van der Waals surface area contributed by atoms with Crippen LogP contribution in [0.2, 0.25) is 0 Å². The van der Waals surface area contributed by atoms with E-state index in [-0.39, 0.29) is 5.97 Å². The quantitative estimate of drug-likeness (QED) is 0.693. The molecular weight excluding hydrogens is 268 g/mol. The third kappa shape index (κ3) is 5.37. The molecule has 0 aliphatic carbocycles. The Bertz CT molecular complexity index is 446. The molecule has 0 bridgehead atoms. The first-order valence-corrected chi connectivity index (χ1v) is 7.83. The number of hydrogen-bond donors (Lipinski definition) is 0. The van der Waals surface area contributed by atoms with Gasteiger partial charge in [0.25, 0.3) is 0 Å². The largest absolute Gasteiger partial charge is 0.455 e. The van der Waals surface area contributed by atoms with E-state index in [0.717, 1.165) is 25.7 Å². The lowest BCUT2D eigenvalue weighted by Gasteiger charge is -2.13. The van der Waals surface area contributed by atoms with Crippen LogP contribution in [0.4, 0.5) is 0 Å². The molecule has 1 aliphatic rings. The fourth-order valence-corrected chi connectivity index (χ4v) is 2.31. The van der Waals surface area contributed by atoms with E-state index in [1.54, 1.807) is 19.9 Å². The highest BCUT2D eigenvalue weighted by atomic mass is 16.6. The van der Waals surface area contributed by atoms with Crippen LogP contribution in [0.1, 0.15) is 66.2 Å². The molecule has 118 valence electrons. The zero-order chi connectivity index (χ0) is 15.8. The number of rotatable bonds is 6. The van der Waals surface area contributed by atoms with Crippen molar-refractivity contribution in [2.24, 2.45) is 0 Å². The second-order valence-electron chi connectivity index (χ2n) is 5.44. The van der Waals surface area contributed by atoms with Gasteiger partial charge in [-0.15, -0.1) is 0 Å². The highest BCUT2D eigenvalue weighted by Gasteiger charge is 2.25. The summed E-state index contributed by atoms with van der Waals surface area (Å²) in [4.78, 5) is 24.7. The predicted molar refractivity (Wildman–Crippen MR) is 81.5 cm³/mol. The highest BCUT2D eigenvalue weighted by molar-refractivity contribution is 6.00. The fraction of sp³-hybridized carbons (Fsp3) is 0.647. The van der Waals surface area contributed by atoms with Gasteiger partial charge in [0.15, 0.2) is 0 Å². The first-order chi connectivity index (χ1) is 9.99. The van der Waals surface area contributed by atoms with E-state index >= 15 is 0 Å². The van der Waals surface area contributed by atoms with Crippen LogP contribution in [0.5, 0.6) is 0 Å². The summed E-state index contributed by atoms with van der Waals surface area (Å²) in [7, 11) is 0. The lowest BCUT2D eigenvalue weighted by molar-refractivity contribution is -0.142. The summed E-state index contributed by atoms with van der Waals surface area (Å²) in [6.07, 6.45) is 6.00. The molecule has 0 aromatic carbocycles. The molecule has 1 unspecified atom stereocenters. The number of cyclic esters (lactones) is 2. The summed E-state index contributed by atoms with van der Waals surface area (Å²) in [5.41, 5.74) is 0.974. The Morgan fingerprint density at radius 3 is 2.05 bits per heavy atom. The second-order valence-corrected chi connectivity index (χ2v) is 5.44. The van der Waals surface area contributed by atoms with Crippen molar-refractivity contribution in [3.8, 4) is 0 Å². The summed E-state index contributed by atoms with van der Waals surface area (Å²) in [6.45, 7) is 7.58. The average molecular weight is 294 g/mol. The molecule has 0 N–H and O–H groups in total. The summed E-state index contributed by atoms with van der Waals surface area (Å²) in [6, 6.07) is 0. The van der Waals surface area contributed by atoms with E-state index in [1.807, 2.05) is 0 Å². The molecule has 1 rings (SSSR count). The number of esters is 2. The lowest BCUT2D eigenvalue weighted by Crippen LogP contribution is -2.18. The number of carbonyl (C=O) groups excluding carboxylic acids is 2. The Morgan fingerprint density at radius 2 is 1.52 bits per heavy atom. The molecule has 0 radical (unpaired) electrons. The van der Waals surface area contributed by atoms with Gasteiger partial charge in [-0.25, -0.2) is 9.59 Å². The third-order valence-electron chi connectivity index (χ3n) is 3.43. The number of carbonyl (C=O) groups is 2. The van der Waals surface area contributed by atoms with E-state index in [9.17, 15) is 9.59 Å². The molecule has 0 spiro atoms. The number of unbranched alkanes of at least 4 members (excludes halogenated alkanes) is 2. The molecular formula is C17H26O4. The van der Waals surface area contributed by atoms with E-state index in [2.05, 4.69) is 13.8 Å². The Balaban J connectivity index is 3.17. The summed E-state index contributed by atoms with van der Waals surface area (Å²) in [5.74, 6) is -0.314. The predicted octanol–water partition coefficient (Wildman–Crippen LogP) is 4.06. The normalized spacial score (nSPS) is 26.1. The third-order valence-corrected chi connectivity index (χ3v) is 3.43. The topological polar surface area (TPSA) is 52.6 Å².